The monoisotopic (exact) mass is 258 g/mol. The van der Waals surface area contributed by atoms with Crippen LogP contribution in [-0.2, 0) is 16.6 Å². The van der Waals surface area contributed by atoms with E-state index >= 15 is 0 Å². The van der Waals surface area contributed by atoms with E-state index in [1.807, 2.05) is 12.3 Å². The molecule has 1 spiro atoms. The topological polar surface area (TPSA) is 33.2 Å². The summed E-state index contributed by atoms with van der Waals surface area (Å²) in [6, 6.07) is 4.00. The van der Waals surface area contributed by atoms with E-state index in [4.69, 9.17) is 0 Å². The van der Waals surface area contributed by atoms with Gasteiger partial charge in [-0.15, -0.1) is 0 Å². The van der Waals surface area contributed by atoms with E-state index in [1.54, 1.807) is 0 Å². The third kappa shape index (κ3) is 1.91. The van der Waals surface area contributed by atoms with Crippen molar-refractivity contribution < 1.29 is 4.79 Å². The third-order valence-electron chi connectivity index (χ3n) is 4.80. The highest BCUT2D eigenvalue weighted by atomic mass is 16.1. The number of nitrogens with zero attached hydrogens (tertiary/aromatic N) is 2. The summed E-state index contributed by atoms with van der Waals surface area (Å²) >= 11 is 0. The first-order valence-corrected chi connectivity index (χ1v) is 7.16. The number of hydrogen-bond acceptors (Lipinski definition) is 3. The van der Waals surface area contributed by atoms with E-state index in [-0.39, 0.29) is 11.0 Å². The zero-order chi connectivity index (χ0) is 13.7. The fourth-order valence-corrected chi connectivity index (χ4v) is 3.56. The van der Waals surface area contributed by atoms with Crippen LogP contribution in [0.4, 0.5) is 0 Å². The average molecular weight is 258 g/mol. The van der Waals surface area contributed by atoms with Gasteiger partial charge in [0, 0.05) is 18.2 Å². The van der Waals surface area contributed by atoms with Gasteiger partial charge in [0.05, 0.1) is 11.1 Å². The molecule has 0 aromatic carbocycles. The minimum Gasteiger partial charge on any atom is -0.298 e. The molecule has 1 saturated heterocycles. The molecule has 102 valence electrons. The van der Waals surface area contributed by atoms with Crippen LogP contribution in [0.15, 0.2) is 18.3 Å². The van der Waals surface area contributed by atoms with Gasteiger partial charge in [-0.3, -0.25) is 14.7 Å². The first-order chi connectivity index (χ1) is 8.93. The molecular formula is C16H22N2O. The van der Waals surface area contributed by atoms with Gasteiger partial charge in [0.15, 0.2) is 0 Å². The van der Waals surface area contributed by atoms with E-state index in [1.165, 1.54) is 0 Å². The smallest absolute Gasteiger partial charge is 0.149 e. The zero-order valence-corrected chi connectivity index (χ0v) is 12.1. The largest absolute Gasteiger partial charge is 0.298 e. The Morgan fingerprint density at radius 2 is 1.95 bits per heavy atom. The highest BCUT2D eigenvalue weighted by Gasteiger charge is 2.49. The molecule has 0 radical (unpaired) electrons. The number of Topliss-reactive ketones (excluding diaryl/α,β-unsaturated/α-hetero) is 1. The van der Waals surface area contributed by atoms with Crippen LogP contribution in [0.25, 0.3) is 0 Å². The number of aromatic nitrogens is 1. The van der Waals surface area contributed by atoms with E-state index in [9.17, 15) is 4.79 Å². The molecule has 19 heavy (non-hydrogen) atoms. The first-order valence-electron chi connectivity index (χ1n) is 7.16. The van der Waals surface area contributed by atoms with Crippen LogP contribution in [0, 0.1) is 0 Å². The number of fused-ring (bicyclic) bond motifs is 2. The molecule has 3 rings (SSSR count). The lowest BCUT2D eigenvalue weighted by Gasteiger charge is -2.44. The van der Waals surface area contributed by atoms with Gasteiger partial charge >= 0.3 is 0 Å². The van der Waals surface area contributed by atoms with Crippen molar-refractivity contribution in [2.24, 2.45) is 0 Å². The Hall–Kier alpha value is -1.22. The van der Waals surface area contributed by atoms with Crippen molar-refractivity contribution in [1.29, 1.82) is 0 Å². The van der Waals surface area contributed by atoms with E-state index < -0.39 is 0 Å². The summed E-state index contributed by atoms with van der Waals surface area (Å²) in [5, 5.41) is 0. The predicted octanol–water partition coefficient (Wildman–Crippen LogP) is 2.34. The quantitative estimate of drug-likeness (QED) is 0.716. The average Bonchev–Trinajstić information content (AvgIpc) is 2.63. The summed E-state index contributed by atoms with van der Waals surface area (Å²) in [5.74, 6) is 0.384. The highest BCUT2D eigenvalue weighted by molar-refractivity contribution is 5.96. The molecule has 3 heteroatoms. The van der Waals surface area contributed by atoms with Crippen LogP contribution < -0.4 is 0 Å². The number of ketones is 1. The molecule has 3 nitrogen and oxygen atoms in total. The Kier molecular flexibility index (Phi) is 2.79. The number of rotatable bonds is 0. The van der Waals surface area contributed by atoms with Crippen LogP contribution in [0.3, 0.4) is 0 Å². The van der Waals surface area contributed by atoms with Crippen molar-refractivity contribution in [2.75, 3.05) is 13.1 Å². The molecule has 0 amide bonds. The molecule has 1 fully saturated rings. The Balaban J connectivity index is 1.89. The standard InChI is InChI=1S/C16H22N2O/c1-15(2,3)18-9-6-16(7-10-18)13(19)11-12-5-4-8-17-14(12)16/h4-5,8H,6-7,9-11H2,1-3H3. The Labute approximate surface area is 115 Å². The highest BCUT2D eigenvalue weighted by Crippen LogP contribution is 2.43. The van der Waals surface area contributed by atoms with E-state index in [2.05, 4.69) is 36.7 Å². The lowest BCUT2D eigenvalue weighted by atomic mass is 9.74. The number of likely N-dealkylation sites (tertiary alicyclic amines) is 1. The van der Waals surface area contributed by atoms with Crippen LogP contribution in [-0.4, -0.2) is 34.3 Å². The minimum atomic E-state index is -0.279. The molecule has 1 aliphatic heterocycles. The van der Waals surface area contributed by atoms with Crippen molar-refractivity contribution in [3.63, 3.8) is 0 Å². The fraction of sp³-hybridized carbons (Fsp3) is 0.625. The summed E-state index contributed by atoms with van der Waals surface area (Å²) in [6.45, 7) is 8.71. The van der Waals surface area contributed by atoms with Gasteiger partial charge in [-0.1, -0.05) is 6.07 Å². The van der Waals surface area contributed by atoms with Crippen LogP contribution in [0.1, 0.15) is 44.9 Å². The molecule has 0 atom stereocenters. The summed E-state index contributed by atoms with van der Waals surface area (Å²) in [6.07, 6.45) is 4.26. The summed E-state index contributed by atoms with van der Waals surface area (Å²) in [7, 11) is 0. The minimum absolute atomic E-state index is 0.191. The molecular weight excluding hydrogens is 236 g/mol. The lowest BCUT2D eigenvalue weighted by molar-refractivity contribution is -0.125. The molecule has 2 heterocycles. The zero-order valence-electron chi connectivity index (χ0n) is 12.1. The van der Waals surface area contributed by atoms with Gasteiger partial charge < -0.3 is 0 Å². The lowest BCUT2D eigenvalue weighted by Crippen LogP contribution is -2.52. The van der Waals surface area contributed by atoms with Gasteiger partial charge in [-0.05, 0) is 58.3 Å². The van der Waals surface area contributed by atoms with Crippen molar-refractivity contribution in [1.82, 2.24) is 9.88 Å². The molecule has 1 aromatic heterocycles. The van der Waals surface area contributed by atoms with Gasteiger partial charge in [-0.2, -0.15) is 0 Å². The van der Waals surface area contributed by atoms with E-state index in [0.717, 1.165) is 37.2 Å². The van der Waals surface area contributed by atoms with Crippen LogP contribution in [0.2, 0.25) is 0 Å². The normalized spacial score (nSPS) is 22.8. The molecule has 0 unspecified atom stereocenters. The number of carbonyl (C=O) groups is 1. The van der Waals surface area contributed by atoms with Gasteiger partial charge in [-0.25, -0.2) is 0 Å². The molecule has 1 aromatic rings. The van der Waals surface area contributed by atoms with Crippen molar-refractivity contribution in [3.05, 3.63) is 29.6 Å². The maximum Gasteiger partial charge on any atom is 0.149 e. The maximum absolute atomic E-state index is 12.5. The Morgan fingerprint density at radius 1 is 1.26 bits per heavy atom. The fourth-order valence-electron chi connectivity index (χ4n) is 3.56. The summed E-state index contributed by atoms with van der Waals surface area (Å²) < 4.78 is 0. The van der Waals surface area contributed by atoms with Crippen LogP contribution in [0.5, 0.6) is 0 Å². The maximum atomic E-state index is 12.5. The number of hydrogen-bond donors (Lipinski definition) is 0. The second kappa shape index (κ2) is 4.14. The second-order valence-electron chi connectivity index (χ2n) is 6.85. The van der Waals surface area contributed by atoms with Crippen molar-refractivity contribution in [3.8, 4) is 0 Å². The van der Waals surface area contributed by atoms with Gasteiger partial charge in [0.2, 0.25) is 0 Å². The SMILES string of the molecule is CC(C)(C)N1CCC2(CC1)C(=O)Cc1cccnc12. The van der Waals surface area contributed by atoms with Gasteiger partial charge in [0.25, 0.3) is 0 Å². The summed E-state index contributed by atoms with van der Waals surface area (Å²) in [4.78, 5) is 19.5. The molecule has 0 bridgehead atoms. The Morgan fingerprint density at radius 3 is 2.58 bits per heavy atom. The Bertz CT molecular complexity index is 508. The molecule has 2 aliphatic rings. The van der Waals surface area contributed by atoms with E-state index in [0.29, 0.717) is 12.2 Å². The first kappa shape index (κ1) is 12.8. The van der Waals surface area contributed by atoms with Gasteiger partial charge in [0.1, 0.15) is 5.78 Å². The molecule has 0 saturated carbocycles. The predicted molar refractivity (Wildman–Crippen MR) is 75.2 cm³/mol. The van der Waals surface area contributed by atoms with Crippen molar-refractivity contribution in [2.45, 2.75) is 51.0 Å². The number of carbonyl (C=O) groups excluding carboxylic acids is 1. The van der Waals surface area contributed by atoms with Crippen molar-refractivity contribution >= 4 is 5.78 Å². The van der Waals surface area contributed by atoms with Crippen LogP contribution >= 0.6 is 0 Å². The molecule has 0 N–H and O–H groups in total. The summed E-state index contributed by atoms with van der Waals surface area (Å²) in [5.41, 5.74) is 2.12. The third-order valence-corrected chi connectivity index (χ3v) is 4.80. The second-order valence-corrected chi connectivity index (χ2v) is 6.85. The molecule has 1 aliphatic carbocycles. The number of pyridine rings is 1. The number of piperidine rings is 1.